The summed E-state index contributed by atoms with van der Waals surface area (Å²) in [6.45, 7) is 4.84. The van der Waals surface area contributed by atoms with Gasteiger partial charge in [-0.15, -0.1) is 0 Å². The van der Waals surface area contributed by atoms with Crippen LogP contribution in [-0.2, 0) is 16.0 Å². The molecule has 0 unspecified atom stereocenters. The summed E-state index contributed by atoms with van der Waals surface area (Å²) < 4.78 is 60.4. The summed E-state index contributed by atoms with van der Waals surface area (Å²) in [5.74, 6) is -0.132. The molecule has 0 heterocycles. The molecule has 0 atom stereocenters. The van der Waals surface area contributed by atoms with Crippen LogP contribution < -0.4 is 5.32 Å². The van der Waals surface area contributed by atoms with Gasteiger partial charge in [0.2, 0.25) is 0 Å². The van der Waals surface area contributed by atoms with E-state index in [-0.39, 0.29) is 18.0 Å². The van der Waals surface area contributed by atoms with E-state index in [2.05, 4.69) is 5.32 Å². The summed E-state index contributed by atoms with van der Waals surface area (Å²) in [7, 11) is -3.29. The summed E-state index contributed by atoms with van der Waals surface area (Å²) in [5.41, 5.74) is -0.509. The van der Waals surface area contributed by atoms with Crippen molar-refractivity contribution in [3.05, 3.63) is 29.8 Å². The molecule has 3 nitrogen and oxygen atoms in total. The van der Waals surface area contributed by atoms with Gasteiger partial charge >= 0.3 is 6.18 Å². The minimum atomic E-state index is -4.41. The number of hydrogen-bond donors (Lipinski definition) is 1. The second kappa shape index (κ2) is 5.63. The first-order chi connectivity index (χ1) is 8.93. The summed E-state index contributed by atoms with van der Waals surface area (Å²) in [5, 5.41) is 2.71. The minimum Gasteiger partial charge on any atom is -0.384 e. The van der Waals surface area contributed by atoms with Crippen molar-refractivity contribution in [2.24, 2.45) is 0 Å². The lowest BCUT2D eigenvalue weighted by molar-refractivity contribution is -0.137. The van der Waals surface area contributed by atoms with Crippen molar-refractivity contribution in [1.82, 2.24) is 0 Å². The summed E-state index contributed by atoms with van der Waals surface area (Å²) in [6.07, 6.45) is -4.41. The molecule has 114 valence electrons. The average molecular weight is 309 g/mol. The van der Waals surface area contributed by atoms with E-state index in [9.17, 15) is 21.6 Å². The SMILES string of the molecule is CC(C)(C)S(=O)(=O)CCNc1cccc(C(F)(F)F)c1. The van der Waals surface area contributed by atoms with Crippen LogP contribution in [0, 0.1) is 0 Å². The number of rotatable bonds is 4. The first-order valence-electron chi connectivity index (χ1n) is 6.07. The van der Waals surface area contributed by atoms with Gasteiger partial charge < -0.3 is 5.32 Å². The van der Waals surface area contributed by atoms with Crippen LogP contribution in [0.25, 0.3) is 0 Å². The van der Waals surface area contributed by atoms with E-state index in [1.807, 2.05) is 0 Å². The van der Waals surface area contributed by atoms with Crippen LogP contribution in [-0.4, -0.2) is 25.5 Å². The van der Waals surface area contributed by atoms with Gasteiger partial charge in [-0.1, -0.05) is 6.07 Å². The van der Waals surface area contributed by atoms with Crippen molar-refractivity contribution < 1.29 is 21.6 Å². The van der Waals surface area contributed by atoms with Gasteiger partial charge in [0.15, 0.2) is 9.84 Å². The van der Waals surface area contributed by atoms with Gasteiger partial charge in [-0.05, 0) is 39.0 Å². The van der Waals surface area contributed by atoms with Crippen LogP contribution in [0.5, 0.6) is 0 Å². The van der Waals surface area contributed by atoms with E-state index in [1.54, 1.807) is 20.8 Å². The van der Waals surface area contributed by atoms with Crippen LogP contribution in [0.3, 0.4) is 0 Å². The van der Waals surface area contributed by atoms with E-state index in [1.165, 1.54) is 12.1 Å². The topological polar surface area (TPSA) is 46.2 Å². The fourth-order valence-electron chi connectivity index (χ4n) is 1.44. The van der Waals surface area contributed by atoms with Crippen molar-refractivity contribution in [3.63, 3.8) is 0 Å². The van der Waals surface area contributed by atoms with E-state index < -0.39 is 26.3 Å². The molecule has 0 spiro atoms. The highest BCUT2D eigenvalue weighted by Gasteiger charge is 2.30. The van der Waals surface area contributed by atoms with Crippen LogP contribution in [0.1, 0.15) is 26.3 Å². The van der Waals surface area contributed by atoms with Crippen LogP contribution in [0.2, 0.25) is 0 Å². The lowest BCUT2D eigenvalue weighted by atomic mass is 10.2. The maximum absolute atomic E-state index is 12.5. The molecule has 0 bridgehead atoms. The highest BCUT2D eigenvalue weighted by atomic mass is 32.2. The zero-order chi connectivity index (χ0) is 15.6. The Morgan fingerprint density at radius 1 is 1.15 bits per heavy atom. The van der Waals surface area contributed by atoms with E-state index >= 15 is 0 Å². The van der Waals surface area contributed by atoms with Crippen molar-refractivity contribution >= 4 is 15.5 Å². The standard InChI is InChI=1S/C13H18F3NO2S/c1-12(2,3)20(18,19)8-7-17-11-6-4-5-10(9-11)13(14,15)16/h4-6,9,17H,7-8H2,1-3H3. The van der Waals surface area contributed by atoms with Crippen molar-refractivity contribution in [3.8, 4) is 0 Å². The Bertz CT molecular complexity index is 560. The number of alkyl halides is 3. The Balaban J connectivity index is 2.69. The van der Waals surface area contributed by atoms with Gasteiger partial charge in [-0.25, -0.2) is 8.42 Å². The van der Waals surface area contributed by atoms with Gasteiger partial charge in [0.05, 0.1) is 16.1 Å². The molecule has 0 aliphatic rings. The number of anilines is 1. The Morgan fingerprint density at radius 2 is 1.75 bits per heavy atom. The lowest BCUT2D eigenvalue weighted by Crippen LogP contribution is -2.32. The van der Waals surface area contributed by atoms with E-state index in [4.69, 9.17) is 0 Å². The van der Waals surface area contributed by atoms with Gasteiger partial charge in [0.25, 0.3) is 0 Å². The predicted molar refractivity (Wildman–Crippen MR) is 73.5 cm³/mol. The van der Waals surface area contributed by atoms with Gasteiger partial charge in [-0.2, -0.15) is 13.2 Å². The second-order valence-electron chi connectivity index (χ2n) is 5.44. The monoisotopic (exact) mass is 309 g/mol. The molecule has 7 heteroatoms. The van der Waals surface area contributed by atoms with Gasteiger partial charge in [-0.3, -0.25) is 0 Å². The molecule has 0 aromatic heterocycles. The molecule has 0 radical (unpaired) electrons. The number of sulfone groups is 1. The molecular weight excluding hydrogens is 291 g/mol. The molecule has 0 fully saturated rings. The molecular formula is C13H18F3NO2S. The zero-order valence-corrected chi connectivity index (χ0v) is 12.4. The first-order valence-corrected chi connectivity index (χ1v) is 7.72. The number of halogens is 3. The van der Waals surface area contributed by atoms with Crippen LogP contribution >= 0.6 is 0 Å². The molecule has 20 heavy (non-hydrogen) atoms. The molecule has 1 aromatic carbocycles. The highest BCUT2D eigenvalue weighted by Crippen LogP contribution is 2.30. The molecule has 1 rings (SSSR count). The summed E-state index contributed by atoms with van der Waals surface area (Å²) >= 11 is 0. The summed E-state index contributed by atoms with van der Waals surface area (Å²) in [4.78, 5) is 0. The van der Waals surface area contributed by atoms with E-state index in [0.717, 1.165) is 12.1 Å². The Labute approximate surface area is 117 Å². The van der Waals surface area contributed by atoms with Crippen LogP contribution in [0.4, 0.5) is 18.9 Å². The zero-order valence-electron chi connectivity index (χ0n) is 11.6. The maximum atomic E-state index is 12.5. The Hall–Kier alpha value is -1.24. The van der Waals surface area contributed by atoms with Crippen molar-refractivity contribution in [2.75, 3.05) is 17.6 Å². The molecule has 0 saturated carbocycles. The number of hydrogen-bond acceptors (Lipinski definition) is 3. The van der Waals surface area contributed by atoms with Gasteiger partial charge in [0, 0.05) is 12.2 Å². The Morgan fingerprint density at radius 3 is 2.25 bits per heavy atom. The fourth-order valence-corrected chi connectivity index (χ4v) is 2.42. The third kappa shape index (κ3) is 4.40. The maximum Gasteiger partial charge on any atom is 0.416 e. The lowest BCUT2D eigenvalue weighted by Gasteiger charge is -2.19. The first kappa shape index (κ1) is 16.8. The fraction of sp³-hybridized carbons (Fsp3) is 0.538. The van der Waals surface area contributed by atoms with Crippen molar-refractivity contribution in [2.45, 2.75) is 31.7 Å². The molecule has 0 aliphatic heterocycles. The molecule has 1 aromatic rings. The summed E-state index contributed by atoms with van der Waals surface area (Å²) in [6, 6.07) is 4.68. The average Bonchev–Trinajstić information content (AvgIpc) is 2.26. The second-order valence-corrected chi connectivity index (χ2v) is 8.30. The van der Waals surface area contributed by atoms with Gasteiger partial charge in [0.1, 0.15) is 0 Å². The minimum absolute atomic E-state index is 0.0704. The molecule has 0 saturated heterocycles. The quantitative estimate of drug-likeness (QED) is 0.928. The molecule has 0 amide bonds. The number of nitrogens with one attached hydrogen (secondary N) is 1. The van der Waals surface area contributed by atoms with Crippen LogP contribution in [0.15, 0.2) is 24.3 Å². The predicted octanol–water partition coefficient (Wildman–Crippen LogP) is 3.33. The van der Waals surface area contributed by atoms with E-state index in [0.29, 0.717) is 0 Å². The van der Waals surface area contributed by atoms with Crippen molar-refractivity contribution in [1.29, 1.82) is 0 Å². The smallest absolute Gasteiger partial charge is 0.384 e. The third-order valence-electron chi connectivity index (χ3n) is 2.82. The Kier molecular flexibility index (Phi) is 4.74. The third-order valence-corrected chi connectivity index (χ3v) is 5.43. The number of benzene rings is 1. The largest absolute Gasteiger partial charge is 0.416 e. The highest BCUT2D eigenvalue weighted by molar-refractivity contribution is 7.92. The molecule has 0 aliphatic carbocycles. The molecule has 1 N–H and O–H groups in total. The normalized spacial score (nSPS) is 13.3.